The summed E-state index contributed by atoms with van der Waals surface area (Å²) in [6.45, 7) is 2.76. The lowest BCUT2D eigenvalue weighted by Gasteiger charge is -2.13. The number of amides is 1. The Morgan fingerprint density at radius 2 is 2.18 bits per heavy atom. The molecule has 1 amide bonds. The summed E-state index contributed by atoms with van der Waals surface area (Å²) < 4.78 is 4.55. The van der Waals surface area contributed by atoms with E-state index in [-0.39, 0.29) is 19.2 Å². The molecule has 96 valence electrons. The lowest BCUT2D eigenvalue weighted by molar-refractivity contribution is -0.154. The van der Waals surface area contributed by atoms with Crippen LogP contribution in [0.15, 0.2) is 0 Å². The van der Waals surface area contributed by atoms with Crippen LogP contribution < -0.4 is 5.32 Å². The summed E-state index contributed by atoms with van der Waals surface area (Å²) in [6, 6.07) is -0.189. The number of aliphatic carboxylic acids is 1. The highest BCUT2D eigenvalue weighted by molar-refractivity contribution is 6.32. The zero-order chi connectivity index (χ0) is 12.8. The highest BCUT2D eigenvalue weighted by atomic mass is 16.5. The van der Waals surface area contributed by atoms with Crippen LogP contribution in [0.25, 0.3) is 0 Å². The number of hydrogen-bond acceptors (Lipinski definition) is 5. The molecule has 1 atom stereocenters. The highest BCUT2D eigenvalue weighted by Gasteiger charge is 2.27. The Morgan fingerprint density at radius 1 is 1.47 bits per heavy atom. The van der Waals surface area contributed by atoms with Gasteiger partial charge in [-0.25, -0.2) is 4.79 Å². The number of carbonyl (C=O) groups is 3. The quantitative estimate of drug-likeness (QED) is 0.477. The van der Waals surface area contributed by atoms with Gasteiger partial charge in [-0.3, -0.25) is 14.5 Å². The SMILES string of the molecule is CCOC(=O)C(=O)NC1CCN(CC(=O)O)C1. The van der Waals surface area contributed by atoms with Gasteiger partial charge in [0, 0.05) is 19.1 Å². The molecule has 1 fully saturated rings. The van der Waals surface area contributed by atoms with Crippen LogP contribution in [0.4, 0.5) is 0 Å². The fraction of sp³-hybridized carbons (Fsp3) is 0.700. The van der Waals surface area contributed by atoms with Gasteiger partial charge in [0.2, 0.25) is 0 Å². The molecule has 2 N–H and O–H groups in total. The van der Waals surface area contributed by atoms with Crippen LogP contribution in [0.2, 0.25) is 0 Å². The molecule has 7 heteroatoms. The summed E-state index contributed by atoms with van der Waals surface area (Å²) in [6.07, 6.45) is 0.637. The predicted octanol–water partition coefficient (Wildman–Crippen LogP) is -1.18. The van der Waals surface area contributed by atoms with Crippen LogP contribution >= 0.6 is 0 Å². The molecular weight excluding hydrogens is 228 g/mol. The summed E-state index contributed by atoms with van der Waals surface area (Å²) in [7, 11) is 0. The van der Waals surface area contributed by atoms with Gasteiger partial charge in [0.25, 0.3) is 0 Å². The van der Waals surface area contributed by atoms with Gasteiger partial charge in [0.1, 0.15) is 0 Å². The zero-order valence-electron chi connectivity index (χ0n) is 9.64. The van der Waals surface area contributed by atoms with E-state index < -0.39 is 17.8 Å². The summed E-state index contributed by atoms with van der Waals surface area (Å²) >= 11 is 0. The fourth-order valence-electron chi connectivity index (χ4n) is 1.73. The number of rotatable bonds is 4. The second-order valence-electron chi connectivity index (χ2n) is 3.81. The molecule has 1 aliphatic rings. The van der Waals surface area contributed by atoms with Crippen LogP contribution in [0.5, 0.6) is 0 Å². The number of ether oxygens (including phenoxy) is 1. The Hall–Kier alpha value is -1.63. The van der Waals surface area contributed by atoms with Gasteiger partial charge in [-0.05, 0) is 13.3 Å². The Kier molecular flexibility index (Phi) is 4.89. The summed E-state index contributed by atoms with van der Waals surface area (Å²) in [4.78, 5) is 34.5. The van der Waals surface area contributed by atoms with E-state index in [4.69, 9.17) is 5.11 Å². The van der Waals surface area contributed by atoms with Gasteiger partial charge in [-0.2, -0.15) is 0 Å². The van der Waals surface area contributed by atoms with E-state index in [1.54, 1.807) is 11.8 Å². The first kappa shape index (κ1) is 13.4. The second kappa shape index (κ2) is 6.19. The minimum absolute atomic E-state index is 0.0498. The maximum absolute atomic E-state index is 11.3. The van der Waals surface area contributed by atoms with Gasteiger partial charge < -0.3 is 15.2 Å². The van der Waals surface area contributed by atoms with Crippen LogP contribution in [0.1, 0.15) is 13.3 Å². The first-order valence-corrected chi connectivity index (χ1v) is 5.44. The van der Waals surface area contributed by atoms with Gasteiger partial charge in [-0.15, -0.1) is 0 Å². The molecule has 1 heterocycles. The number of hydrogen-bond donors (Lipinski definition) is 2. The standard InChI is InChI=1S/C10H16N2O5/c1-2-17-10(16)9(15)11-7-3-4-12(5-7)6-8(13)14/h7H,2-6H2,1H3,(H,11,15)(H,13,14). The lowest BCUT2D eigenvalue weighted by Crippen LogP contribution is -2.42. The highest BCUT2D eigenvalue weighted by Crippen LogP contribution is 2.08. The second-order valence-corrected chi connectivity index (χ2v) is 3.81. The van der Waals surface area contributed by atoms with Gasteiger partial charge in [-0.1, -0.05) is 0 Å². The van der Waals surface area contributed by atoms with Crippen LogP contribution in [-0.2, 0) is 19.1 Å². The summed E-state index contributed by atoms with van der Waals surface area (Å²) in [5, 5.41) is 11.1. The minimum Gasteiger partial charge on any atom is -0.480 e. The number of nitrogens with zero attached hydrogens (tertiary/aromatic N) is 1. The van der Waals surface area contributed by atoms with Crippen molar-refractivity contribution in [2.24, 2.45) is 0 Å². The van der Waals surface area contributed by atoms with Crippen molar-refractivity contribution in [3.05, 3.63) is 0 Å². The van der Waals surface area contributed by atoms with Crippen LogP contribution in [-0.4, -0.2) is 60.1 Å². The normalized spacial score (nSPS) is 19.9. The number of nitrogens with one attached hydrogen (secondary N) is 1. The van der Waals surface area contributed by atoms with Gasteiger partial charge in [0.05, 0.1) is 13.2 Å². The summed E-state index contributed by atoms with van der Waals surface area (Å²) in [5.74, 6) is -2.57. The van der Waals surface area contributed by atoms with E-state index >= 15 is 0 Å². The molecule has 0 aromatic heterocycles. The van der Waals surface area contributed by atoms with Crippen molar-refractivity contribution in [3.63, 3.8) is 0 Å². The van der Waals surface area contributed by atoms with E-state index in [1.807, 2.05) is 0 Å². The first-order chi connectivity index (χ1) is 8.02. The smallest absolute Gasteiger partial charge is 0.396 e. The lowest BCUT2D eigenvalue weighted by atomic mass is 10.2. The van der Waals surface area contributed by atoms with Crippen molar-refractivity contribution in [1.82, 2.24) is 10.2 Å². The molecule has 0 spiro atoms. The van der Waals surface area contributed by atoms with E-state index in [2.05, 4.69) is 10.1 Å². The van der Waals surface area contributed by atoms with Crippen molar-refractivity contribution >= 4 is 17.8 Å². The number of carboxylic acid groups (broad SMARTS) is 1. The Labute approximate surface area is 98.7 Å². The molecule has 0 aromatic carbocycles. The first-order valence-electron chi connectivity index (χ1n) is 5.44. The molecule has 0 aliphatic carbocycles. The molecule has 0 bridgehead atoms. The van der Waals surface area contributed by atoms with E-state index in [0.29, 0.717) is 19.5 Å². The molecule has 0 radical (unpaired) electrons. The molecule has 1 unspecified atom stereocenters. The molecule has 1 aliphatic heterocycles. The topological polar surface area (TPSA) is 95.9 Å². The largest absolute Gasteiger partial charge is 0.480 e. The average Bonchev–Trinajstić information content (AvgIpc) is 2.64. The van der Waals surface area contributed by atoms with E-state index in [1.165, 1.54) is 0 Å². The Bertz CT molecular complexity index is 318. The number of carboxylic acids is 1. The van der Waals surface area contributed by atoms with E-state index in [9.17, 15) is 14.4 Å². The molecule has 7 nitrogen and oxygen atoms in total. The third kappa shape index (κ3) is 4.39. The van der Waals surface area contributed by atoms with E-state index in [0.717, 1.165) is 0 Å². The Balaban J connectivity index is 2.32. The molecule has 1 saturated heterocycles. The summed E-state index contributed by atoms with van der Waals surface area (Å²) in [5.41, 5.74) is 0. The minimum atomic E-state index is -0.901. The van der Waals surface area contributed by atoms with Crippen molar-refractivity contribution in [3.8, 4) is 0 Å². The van der Waals surface area contributed by atoms with Gasteiger partial charge >= 0.3 is 17.8 Å². The van der Waals surface area contributed by atoms with Crippen LogP contribution in [0, 0.1) is 0 Å². The van der Waals surface area contributed by atoms with Crippen LogP contribution in [0.3, 0.4) is 0 Å². The third-order valence-corrected chi connectivity index (χ3v) is 2.43. The molecule has 17 heavy (non-hydrogen) atoms. The average molecular weight is 244 g/mol. The predicted molar refractivity (Wildman–Crippen MR) is 57.3 cm³/mol. The maximum atomic E-state index is 11.3. The van der Waals surface area contributed by atoms with Crippen molar-refractivity contribution in [1.29, 1.82) is 0 Å². The molecule has 0 saturated carbocycles. The monoisotopic (exact) mass is 244 g/mol. The molecule has 1 rings (SSSR count). The third-order valence-electron chi connectivity index (χ3n) is 2.43. The number of carbonyl (C=O) groups excluding carboxylic acids is 2. The Morgan fingerprint density at radius 3 is 2.76 bits per heavy atom. The fourth-order valence-corrected chi connectivity index (χ4v) is 1.73. The molecule has 0 aromatic rings. The number of likely N-dealkylation sites (tertiary alicyclic amines) is 1. The molecular formula is C10H16N2O5. The number of esters is 1. The van der Waals surface area contributed by atoms with Crippen molar-refractivity contribution < 1.29 is 24.2 Å². The van der Waals surface area contributed by atoms with Crippen molar-refractivity contribution in [2.75, 3.05) is 26.2 Å². The van der Waals surface area contributed by atoms with Gasteiger partial charge in [0.15, 0.2) is 0 Å². The zero-order valence-corrected chi connectivity index (χ0v) is 9.64. The van der Waals surface area contributed by atoms with Crippen molar-refractivity contribution in [2.45, 2.75) is 19.4 Å². The maximum Gasteiger partial charge on any atom is 0.396 e.